The van der Waals surface area contributed by atoms with E-state index in [1.807, 2.05) is 27.7 Å². The molecule has 0 saturated heterocycles. The van der Waals surface area contributed by atoms with Crippen molar-refractivity contribution in [3.8, 4) is 0 Å². The quantitative estimate of drug-likeness (QED) is 0.422. The molecule has 3 rings (SSSR count). The SMILES string of the molecule is CC(C)Cn1c(SC(C)C(=O)Nc2ccnn2C(C)C)nc2ccc(Cl)cc2c1=O. The second kappa shape index (κ2) is 9.22. The van der Waals surface area contributed by atoms with Crippen molar-refractivity contribution in [3.05, 3.63) is 45.8 Å². The highest BCUT2D eigenvalue weighted by Crippen LogP contribution is 2.25. The lowest BCUT2D eigenvalue weighted by Crippen LogP contribution is -2.28. The Hall–Kier alpha value is -2.32. The van der Waals surface area contributed by atoms with Gasteiger partial charge in [-0.25, -0.2) is 9.67 Å². The van der Waals surface area contributed by atoms with E-state index >= 15 is 0 Å². The average Bonchev–Trinajstić information content (AvgIpc) is 3.13. The molecule has 0 fully saturated rings. The molecule has 1 N–H and O–H groups in total. The van der Waals surface area contributed by atoms with E-state index < -0.39 is 5.25 Å². The van der Waals surface area contributed by atoms with E-state index in [1.54, 1.807) is 46.6 Å². The molecule has 0 radical (unpaired) electrons. The van der Waals surface area contributed by atoms with Crippen molar-refractivity contribution >= 4 is 46.0 Å². The number of amides is 1. The van der Waals surface area contributed by atoms with Gasteiger partial charge in [-0.2, -0.15) is 5.10 Å². The van der Waals surface area contributed by atoms with Gasteiger partial charge in [-0.3, -0.25) is 14.2 Å². The van der Waals surface area contributed by atoms with Gasteiger partial charge >= 0.3 is 0 Å². The van der Waals surface area contributed by atoms with E-state index in [0.29, 0.717) is 33.4 Å². The van der Waals surface area contributed by atoms with Crippen molar-refractivity contribution < 1.29 is 4.79 Å². The molecular formula is C21H26ClN5O2S. The van der Waals surface area contributed by atoms with Gasteiger partial charge in [0.1, 0.15) is 5.82 Å². The number of hydrogen-bond donors (Lipinski definition) is 1. The van der Waals surface area contributed by atoms with Gasteiger partial charge in [0.05, 0.1) is 22.3 Å². The minimum atomic E-state index is -0.462. The highest BCUT2D eigenvalue weighted by molar-refractivity contribution is 8.00. The molecular weight excluding hydrogens is 422 g/mol. The van der Waals surface area contributed by atoms with Crippen LogP contribution in [-0.2, 0) is 11.3 Å². The molecule has 1 atom stereocenters. The van der Waals surface area contributed by atoms with Crippen LogP contribution in [0, 0.1) is 5.92 Å². The summed E-state index contributed by atoms with van der Waals surface area (Å²) in [6, 6.07) is 6.97. The van der Waals surface area contributed by atoms with Crippen molar-refractivity contribution in [1.29, 1.82) is 0 Å². The van der Waals surface area contributed by atoms with Gasteiger partial charge in [0.25, 0.3) is 5.56 Å². The molecule has 1 aromatic carbocycles. The molecule has 9 heteroatoms. The zero-order chi connectivity index (χ0) is 22.0. The predicted octanol–water partition coefficient (Wildman–Crippen LogP) is 4.60. The number of thioether (sulfide) groups is 1. The maximum absolute atomic E-state index is 13.1. The van der Waals surface area contributed by atoms with Gasteiger partial charge in [-0.15, -0.1) is 0 Å². The Labute approximate surface area is 184 Å². The number of carbonyl (C=O) groups is 1. The number of halogens is 1. The fraction of sp³-hybridized carbons (Fsp3) is 0.429. The van der Waals surface area contributed by atoms with Gasteiger partial charge in [-0.1, -0.05) is 37.2 Å². The number of hydrogen-bond acceptors (Lipinski definition) is 5. The van der Waals surface area contributed by atoms with Crippen LogP contribution in [0.4, 0.5) is 5.82 Å². The maximum atomic E-state index is 13.1. The zero-order valence-electron chi connectivity index (χ0n) is 17.7. The molecule has 1 amide bonds. The molecule has 0 bridgehead atoms. The first-order valence-electron chi connectivity index (χ1n) is 9.88. The Morgan fingerprint density at radius 3 is 2.60 bits per heavy atom. The topological polar surface area (TPSA) is 81.8 Å². The number of rotatable bonds is 7. The summed E-state index contributed by atoms with van der Waals surface area (Å²) in [7, 11) is 0. The minimum Gasteiger partial charge on any atom is -0.310 e. The van der Waals surface area contributed by atoms with Crippen LogP contribution in [0.1, 0.15) is 40.7 Å². The number of nitrogens with zero attached hydrogens (tertiary/aromatic N) is 4. The largest absolute Gasteiger partial charge is 0.310 e. The molecule has 0 aliphatic heterocycles. The number of fused-ring (bicyclic) bond motifs is 1. The summed E-state index contributed by atoms with van der Waals surface area (Å²) >= 11 is 7.34. The summed E-state index contributed by atoms with van der Waals surface area (Å²) in [5.41, 5.74) is 0.418. The second-order valence-corrected chi connectivity index (χ2v) is 9.61. The molecule has 0 aliphatic carbocycles. The van der Waals surface area contributed by atoms with Crippen molar-refractivity contribution in [1.82, 2.24) is 19.3 Å². The summed E-state index contributed by atoms with van der Waals surface area (Å²) in [6.07, 6.45) is 1.66. The van der Waals surface area contributed by atoms with Crippen LogP contribution >= 0.6 is 23.4 Å². The Balaban J connectivity index is 1.91. The van der Waals surface area contributed by atoms with Crippen LogP contribution in [0.2, 0.25) is 5.02 Å². The Morgan fingerprint density at radius 1 is 1.20 bits per heavy atom. The molecule has 0 aliphatic rings. The molecule has 30 heavy (non-hydrogen) atoms. The molecule has 1 unspecified atom stereocenters. The molecule has 2 aromatic heterocycles. The van der Waals surface area contributed by atoms with Gasteiger partial charge < -0.3 is 5.32 Å². The van der Waals surface area contributed by atoms with Gasteiger partial charge in [0, 0.05) is 23.7 Å². The third-order valence-corrected chi connectivity index (χ3v) is 5.82. The average molecular weight is 448 g/mol. The second-order valence-electron chi connectivity index (χ2n) is 7.87. The van der Waals surface area contributed by atoms with Crippen molar-refractivity contribution in [2.45, 2.75) is 57.6 Å². The predicted molar refractivity (Wildman–Crippen MR) is 122 cm³/mol. The van der Waals surface area contributed by atoms with Crippen molar-refractivity contribution in [2.75, 3.05) is 5.32 Å². The standard InChI is InChI=1S/C21H26ClN5O2S/c1-12(2)11-26-20(29)16-10-15(22)6-7-17(16)24-21(26)30-14(5)19(28)25-18-8-9-23-27(18)13(3)4/h6-10,12-14H,11H2,1-5H3,(H,25,28). The first kappa shape index (κ1) is 22.4. The number of carbonyl (C=O) groups excluding carboxylic acids is 1. The van der Waals surface area contributed by atoms with E-state index in [-0.39, 0.29) is 23.4 Å². The lowest BCUT2D eigenvalue weighted by atomic mass is 10.2. The van der Waals surface area contributed by atoms with E-state index in [2.05, 4.69) is 15.4 Å². The highest BCUT2D eigenvalue weighted by Gasteiger charge is 2.21. The van der Waals surface area contributed by atoms with Crippen molar-refractivity contribution in [3.63, 3.8) is 0 Å². The summed E-state index contributed by atoms with van der Waals surface area (Å²) in [5, 5.41) is 8.18. The summed E-state index contributed by atoms with van der Waals surface area (Å²) in [5.74, 6) is 0.706. The third-order valence-electron chi connectivity index (χ3n) is 4.49. The molecule has 0 saturated carbocycles. The Kier molecular flexibility index (Phi) is 6.88. The normalized spacial score (nSPS) is 12.7. The van der Waals surface area contributed by atoms with Gasteiger partial charge in [0.15, 0.2) is 5.16 Å². The summed E-state index contributed by atoms with van der Waals surface area (Å²) in [4.78, 5) is 30.6. The van der Waals surface area contributed by atoms with E-state index in [1.165, 1.54) is 11.8 Å². The fourth-order valence-electron chi connectivity index (χ4n) is 3.05. The highest BCUT2D eigenvalue weighted by atomic mass is 35.5. The number of nitrogens with one attached hydrogen (secondary N) is 1. The molecule has 2 heterocycles. The van der Waals surface area contributed by atoms with Crippen LogP contribution < -0.4 is 10.9 Å². The van der Waals surface area contributed by atoms with Crippen molar-refractivity contribution in [2.24, 2.45) is 5.92 Å². The number of benzene rings is 1. The Morgan fingerprint density at radius 2 is 1.93 bits per heavy atom. The summed E-state index contributed by atoms with van der Waals surface area (Å²) < 4.78 is 3.39. The van der Waals surface area contributed by atoms with Crippen LogP contribution in [0.15, 0.2) is 40.4 Å². The lowest BCUT2D eigenvalue weighted by Gasteiger charge is -2.18. The maximum Gasteiger partial charge on any atom is 0.262 e. The summed E-state index contributed by atoms with van der Waals surface area (Å²) in [6.45, 7) is 10.4. The minimum absolute atomic E-state index is 0.128. The zero-order valence-corrected chi connectivity index (χ0v) is 19.3. The van der Waals surface area contributed by atoms with Crippen LogP contribution in [-0.4, -0.2) is 30.5 Å². The first-order chi connectivity index (χ1) is 14.2. The van der Waals surface area contributed by atoms with E-state index in [0.717, 1.165) is 0 Å². The Bertz CT molecular complexity index is 1120. The fourth-order valence-corrected chi connectivity index (χ4v) is 4.14. The molecule has 160 valence electrons. The van der Waals surface area contributed by atoms with E-state index in [4.69, 9.17) is 11.6 Å². The lowest BCUT2D eigenvalue weighted by molar-refractivity contribution is -0.115. The molecule has 7 nitrogen and oxygen atoms in total. The monoisotopic (exact) mass is 447 g/mol. The van der Waals surface area contributed by atoms with Crippen LogP contribution in [0.25, 0.3) is 10.9 Å². The van der Waals surface area contributed by atoms with Gasteiger partial charge in [0.2, 0.25) is 5.91 Å². The first-order valence-corrected chi connectivity index (χ1v) is 11.1. The smallest absolute Gasteiger partial charge is 0.262 e. The van der Waals surface area contributed by atoms with E-state index in [9.17, 15) is 9.59 Å². The third kappa shape index (κ3) is 4.87. The van der Waals surface area contributed by atoms with Crippen LogP contribution in [0.5, 0.6) is 0 Å². The van der Waals surface area contributed by atoms with Crippen LogP contribution in [0.3, 0.4) is 0 Å². The number of aromatic nitrogens is 4. The number of anilines is 1. The molecule has 0 spiro atoms. The van der Waals surface area contributed by atoms with Gasteiger partial charge in [-0.05, 0) is 44.9 Å². The molecule has 3 aromatic rings.